The largest absolute Gasteiger partial charge is 0.494 e. The van der Waals surface area contributed by atoms with E-state index in [0.29, 0.717) is 25.2 Å². The number of benzene rings is 1. The second-order valence-corrected chi connectivity index (χ2v) is 6.79. The molecular weight excluding hydrogens is 322 g/mol. The summed E-state index contributed by atoms with van der Waals surface area (Å²) in [4.78, 5) is 25.6. The Morgan fingerprint density at radius 1 is 1.08 bits per heavy atom. The molecule has 1 heterocycles. The molecule has 0 radical (unpaired) electrons. The van der Waals surface area contributed by atoms with Crippen LogP contribution in [0.5, 0.6) is 11.5 Å². The van der Waals surface area contributed by atoms with Crippen molar-refractivity contribution in [2.75, 3.05) is 19.8 Å². The number of hydrogen-bond donors (Lipinski definition) is 1. The van der Waals surface area contributed by atoms with Crippen LogP contribution in [0.4, 0.5) is 0 Å². The molecule has 1 N–H and O–H groups in total. The summed E-state index contributed by atoms with van der Waals surface area (Å²) in [6.45, 7) is 6.41. The first-order valence-electron chi connectivity index (χ1n) is 8.74. The molecule has 2 amide bonds. The molecule has 6 nitrogen and oxygen atoms in total. The summed E-state index contributed by atoms with van der Waals surface area (Å²) < 4.78 is 10.9. The van der Waals surface area contributed by atoms with Crippen molar-refractivity contribution in [3.8, 4) is 11.5 Å². The number of aliphatic hydroxyl groups is 1. The van der Waals surface area contributed by atoms with Crippen molar-refractivity contribution in [1.82, 2.24) is 4.90 Å². The van der Waals surface area contributed by atoms with Gasteiger partial charge < -0.3 is 14.6 Å². The topological polar surface area (TPSA) is 76.1 Å². The highest BCUT2D eigenvalue weighted by Crippen LogP contribution is 2.35. The zero-order valence-corrected chi connectivity index (χ0v) is 15.2. The summed E-state index contributed by atoms with van der Waals surface area (Å²) in [6.07, 6.45) is 0.524. The van der Waals surface area contributed by atoms with Gasteiger partial charge in [-0.3, -0.25) is 14.5 Å². The molecule has 25 heavy (non-hydrogen) atoms. The number of rotatable bonds is 8. The van der Waals surface area contributed by atoms with Crippen molar-refractivity contribution in [3.05, 3.63) is 24.3 Å². The fourth-order valence-electron chi connectivity index (χ4n) is 2.83. The lowest BCUT2D eigenvalue weighted by Crippen LogP contribution is -2.50. The molecule has 0 aromatic heterocycles. The highest BCUT2D eigenvalue weighted by Gasteiger charge is 2.39. The normalized spacial score (nSPS) is 18.2. The Labute approximate surface area is 148 Å². The molecular formula is C19H27NO5. The Bertz CT molecular complexity index is 580. The van der Waals surface area contributed by atoms with E-state index in [0.717, 1.165) is 17.1 Å². The zero-order chi connectivity index (χ0) is 18.4. The van der Waals surface area contributed by atoms with E-state index in [-0.39, 0.29) is 30.4 Å². The average Bonchev–Trinajstić information content (AvgIpc) is 2.58. The second kappa shape index (κ2) is 8.34. The standard InChI is InChI=1S/C19H27NO5/c1-4-19(3)10-17(22)20(18(23)11-19)12-14(21)13-25-16-8-6-15(7-9-16)24-5-2/h6-9,14,21H,4-5,10-13H2,1-3H3/t14-/m1/s1. The molecule has 1 atom stereocenters. The number of hydrogen-bond acceptors (Lipinski definition) is 5. The second-order valence-electron chi connectivity index (χ2n) is 6.79. The molecule has 2 rings (SSSR count). The first kappa shape index (κ1) is 19.2. The lowest BCUT2D eigenvalue weighted by atomic mass is 9.77. The van der Waals surface area contributed by atoms with E-state index < -0.39 is 6.10 Å². The first-order valence-corrected chi connectivity index (χ1v) is 8.74. The van der Waals surface area contributed by atoms with Crippen LogP contribution in [0.1, 0.15) is 40.0 Å². The number of carbonyl (C=O) groups is 2. The van der Waals surface area contributed by atoms with E-state index in [1.54, 1.807) is 24.3 Å². The lowest BCUT2D eigenvalue weighted by molar-refractivity contribution is -0.155. The van der Waals surface area contributed by atoms with Crippen LogP contribution < -0.4 is 9.47 Å². The van der Waals surface area contributed by atoms with Gasteiger partial charge in [0.15, 0.2) is 0 Å². The Balaban J connectivity index is 1.84. The number of piperidine rings is 1. The maximum Gasteiger partial charge on any atom is 0.229 e. The molecule has 0 unspecified atom stereocenters. The fraction of sp³-hybridized carbons (Fsp3) is 0.579. The number of aliphatic hydroxyl groups excluding tert-OH is 1. The number of β-amino-alcohol motifs (C(OH)–C–C–N with tert-alkyl or cyclic N) is 1. The van der Waals surface area contributed by atoms with Gasteiger partial charge in [-0.1, -0.05) is 13.8 Å². The van der Waals surface area contributed by atoms with Crippen LogP contribution in [0.25, 0.3) is 0 Å². The van der Waals surface area contributed by atoms with Gasteiger partial charge in [0, 0.05) is 12.8 Å². The molecule has 1 aromatic carbocycles. The minimum atomic E-state index is -0.926. The summed E-state index contributed by atoms with van der Waals surface area (Å²) in [5.74, 6) is 0.901. The van der Waals surface area contributed by atoms with Gasteiger partial charge in [0.2, 0.25) is 11.8 Å². The first-order chi connectivity index (χ1) is 11.9. The third kappa shape index (κ3) is 5.19. The maximum absolute atomic E-state index is 12.2. The van der Waals surface area contributed by atoms with Gasteiger partial charge in [-0.15, -0.1) is 0 Å². The smallest absolute Gasteiger partial charge is 0.229 e. The van der Waals surface area contributed by atoms with Crippen molar-refractivity contribution in [1.29, 1.82) is 0 Å². The predicted molar refractivity (Wildman–Crippen MR) is 93.5 cm³/mol. The van der Waals surface area contributed by atoms with Crippen LogP contribution in [0.15, 0.2) is 24.3 Å². The van der Waals surface area contributed by atoms with Gasteiger partial charge >= 0.3 is 0 Å². The van der Waals surface area contributed by atoms with E-state index in [2.05, 4.69) is 0 Å². The van der Waals surface area contributed by atoms with E-state index in [1.165, 1.54) is 0 Å². The Morgan fingerprint density at radius 3 is 2.08 bits per heavy atom. The molecule has 1 fully saturated rings. The van der Waals surface area contributed by atoms with Crippen molar-refractivity contribution in [3.63, 3.8) is 0 Å². The van der Waals surface area contributed by atoms with Gasteiger partial charge in [0.05, 0.1) is 13.2 Å². The van der Waals surface area contributed by atoms with Crippen molar-refractivity contribution in [2.45, 2.75) is 46.1 Å². The van der Waals surface area contributed by atoms with Gasteiger partial charge in [-0.2, -0.15) is 0 Å². The SMILES string of the molecule is CCOc1ccc(OC[C@H](O)CN2C(=O)CC(C)(CC)CC2=O)cc1. The monoisotopic (exact) mass is 349 g/mol. The van der Waals surface area contributed by atoms with Crippen LogP contribution in [0.2, 0.25) is 0 Å². The number of imide groups is 1. The quantitative estimate of drug-likeness (QED) is 0.729. The van der Waals surface area contributed by atoms with Gasteiger partial charge in [-0.05, 0) is 43.0 Å². The maximum atomic E-state index is 12.2. The van der Waals surface area contributed by atoms with Crippen LogP contribution >= 0.6 is 0 Å². The lowest BCUT2D eigenvalue weighted by Gasteiger charge is -2.37. The number of amides is 2. The average molecular weight is 349 g/mol. The Hall–Kier alpha value is -2.08. The molecule has 1 saturated heterocycles. The van der Waals surface area contributed by atoms with Crippen LogP contribution in [-0.2, 0) is 9.59 Å². The third-order valence-corrected chi connectivity index (χ3v) is 4.58. The van der Waals surface area contributed by atoms with Crippen molar-refractivity contribution >= 4 is 11.8 Å². The Kier molecular flexibility index (Phi) is 6.42. The molecule has 1 aliphatic rings. The minimum absolute atomic E-state index is 0.0100. The molecule has 1 aromatic rings. The minimum Gasteiger partial charge on any atom is -0.494 e. The zero-order valence-electron chi connectivity index (χ0n) is 15.2. The predicted octanol–water partition coefficient (Wildman–Crippen LogP) is 2.39. The van der Waals surface area contributed by atoms with Crippen molar-refractivity contribution in [2.24, 2.45) is 5.41 Å². The van der Waals surface area contributed by atoms with E-state index in [1.807, 2.05) is 20.8 Å². The molecule has 0 spiro atoms. The molecule has 1 aliphatic heterocycles. The highest BCUT2D eigenvalue weighted by molar-refractivity contribution is 5.98. The molecule has 138 valence electrons. The fourth-order valence-corrected chi connectivity index (χ4v) is 2.83. The Morgan fingerprint density at radius 2 is 1.60 bits per heavy atom. The molecule has 0 aliphatic carbocycles. The summed E-state index contributed by atoms with van der Waals surface area (Å²) in [5.41, 5.74) is -0.269. The molecule has 0 saturated carbocycles. The van der Waals surface area contributed by atoms with Crippen LogP contribution in [0.3, 0.4) is 0 Å². The molecule has 0 bridgehead atoms. The van der Waals surface area contributed by atoms with E-state index in [4.69, 9.17) is 9.47 Å². The van der Waals surface area contributed by atoms with Crippen molar-refractivity contribution < 1.29 is 24.2 Å². The summed E-state index contributed by atoms with van der Waals surface area (Å²) in [6, 6.07) is 7.08. The van der Waals surface area contributed by atoms with E-state index in [9.17, 15) is 14.7 Å². The van der Waals surface area contributed by atoms with Gasteiger partial charge in [0.25, 0.3) is 0 Å². The number of carbonyl (C=O) groups excluding carboxylic acids is 2. The number of nitrogens with zero attached hydrogens (tertiary/aromatic N) is 1. The summed E-state index contributed by atoms with van der Waals surface area (Å²) in [5, 5.41) is 10.1. The summed E-state index contributed by atoms with van der Waals surface area (Å²) >= 11 is 0. The van der Waals surface area contributed by atoms with Crippen LogP contribution in [-0.4, -0.2) is 47.7 Å². The highest BCUT2D eigenvalue weighted by atomic mass is 16.5. The molecule has 6 heteroatoms. The van der Waals surface area contributed by atoms with E-state index >= 15 is 0 Å². The number of ether oxygens (including phenoxy) is 2. The van der Waals surface area contributed by atoms with Crippen LogP contribution in [0, 0.1) is 5.41 Å². The third-order valence-electron chi connectivity index (χ3n) is 4.58. The summed E-state index contributed by atoms with van der Waals surface area (Å²) in [7, 11) is 0. The number of likely N-dealkylation sites (tertiary alicyclic amines) is 1. The van der Waals surface area contributed by atoms with Gasteiger partial charge in [-0.25, -0.2) is 0 Å². The van der Waals surface area contributed by atoms with Gasteiger partial charge in [0.1, 0.15) is 24.2 Å².